The highest BCUT2D eigenvalue weighted by molar-refractivity contribution is 6.31. The Hall–Kier alpha value is -0.600. The first-order valence-corrected chi connectivity index (χ1v) is 7.18. The second-order valence-electron chi connectivity index (χ2n) is 5.29. The van der Waals surface area contributed by atoms with Gasteiger partial charge in [0.2, 0.25) is 0 Å². The Morgan fingerprint density at radius 3 is 2.89 bits per heavy atom. The van der Waals surface area contributed by atoms with Crippen molar-refractivity contribution in [2.75, 3.05) is 7.05 Å². The zero-order valence-corrected chi connectivity index (χ0v) is 11.6. The van der Waals surface area contributed by atoms with Gasteiger partial charge in [0.25, 0.3) is 0 Å². The molecule has 0 saturated heterocycles. The number of rotatable bonds is 3. The summed E-state index contributed by atoms with van der Waals surface area (Å²) in [7, 11) is 2.03. The van der Waals surface area contributed by atoms with Crippen LogP contribution in [0.3, 0.4) is 0 Å². The molecule has 100 valence electrons. The first kappa shape index (κ1) is 13.8. The predicted octanol–water partition coefficient (Wildman–Crippen LogP) is 4.19. The van der Waals surface area contributed by atoms with Crippen LogP contribution in [-0.2, 0) is 6.42 Å². The average molecular weight is 270 g/mol. The molecule has 1 saturated carbocycles. The van der Waals surface area contributed by atoms with Gasteiger partial charge in [-0.25, -0.2) is 4.39 Å². The predicted molar refractivity (Wildman–Crippen MR) is 74.5 cm³/mol. The van der Waals surface area contributed by atoms with Crippen molar-refractivity contribution in [3.8, 4) is 0 Å². The monoisotopic (exact) mass is 269 g/mol. The molecule has 0 spiro atoms. The van der Waals surface area contributed by atoms with Crippen molar-refractivity contribution in [3.63, 3.8) is 0 Å². The molecule has 2 unspecified atom stereocenters. The van der Waals surface area contributed by atoms with Crippen LogP contribution in [0.25, 0.3) is 0 Å². The minimum Gasteiger partial charge on any atom is -0.317 e. The fourth-order valence-electron chi connectivity index (χ4n) is 2.93. The van der Waals surface area contributed by atoms with Gasteiger partial charge in [-0.1, -0.05) is 43.0 Å². The third kappa shape index (κ3) is 3.46. The first-order chi connectivity index (χ1) is 8.70. The maximum atomic E-state index is 13.4. The van der Waals surface area contributed by atoms with E-state index in [0.717, 1.165) is 12.0 Å². The molecule has 1 N–H and O–H groups in total. The molecule has 3 heteroatoms. The van der Waals surface area contributed by atoms with Crippen LogP contribution in [0.2, 0.25) is 5.02 Å². The topological polar surface area (TPSA) is 12.0 Å². The molecule has 1 aliphatic carbocycles. The Morgan fingerprint density at radius 1 is 1.33 bits per heavy atom. The molecule has 1 nitrogen and oxygen atoms in total. The van der Waals surface area contributed by atoms with Gasteiger partial charge in [-0.2, -0.15) is 0 Å². The van der Waals surface area contributed by atoms with E-state index < -0.39 is 0 Å². The number of hydrogen-bond acceptors (Lipinski definition) is 1. The summed E-state index contributed by atoms with van der Waals surface area (Å²) in [5.41, 5.74) is 0.957. The SMILES string of the molecule is CNC1CCCCC(Cc2cccc(F)c2Cl)C1. The third-order valence-electron chi connectivity index (χ3n) is 3.98. The van der Waals surface area contributed by atoms with Crippen LogP contribution in [0.15, 0.2) is 18.2 Å². The molecular weight excluding hydrogens is 249 g/mol. The molecule has 2 rings (SSSR count). The summed E-state index contributed by atoms with van der Waals surface area (Å²) >= 11 is 6.03. The van der Waals surface area contributed by atoms with Crippen LogP contribution in [0.5, 0.6) is 0 Å². The van der Waals surface area contributed by atoms with Crippen molar-refractivity contribution in [1.29, 1.82) is 0 Å². The number of hydrogen-bond donors (Lipinski definition) is 1. The Kier molecular flexibility index (Phi) is 5.02. The van der Waals surface area contributed by atoms with E-state index in [1.165, 1.54) is 38.2 Å². The van der Waals surface area contributed by atoms with Crippen LogP contribution < -0.4 is 5.32 Å². The van der Waals surface area contributed by atoms with Gasteiger partial charge in [0, 0.05) is 6.04 Å². The van der Waals surface area contributed by atoms with E-state index in [-0.39, 0.29) is 5.82 Å². The zero-order valence-electron chi connectivity index (χ0n) is 10.9. The Labute approximate surface area is 114 Å². The van der Waals surface area contributed by atoms with Crippen LogP contribution in [0.4, 0.5) is 4.39 Å². The Bertz CT molecular complexity index is 394. The van der Waals surface area contributed by atoms with E-state index in [2.05, 4.69) is 5.32 Å². The quantitative estimate of drug-likeness (QED) is 0.812. The summed E-state index contributed by atoms with van der Waals surface area (Å²) in [5, 5.41) is 3.69. The van der Waals surface area contributed by atoms with Crippen LogP contribution in [-0.4, -0.2) is 13.1 Å². The number of nitrogens with one attached hydrogen (secondary N) is 1. The van der Waals surface area contributed by atoms with Gasteiger partial charge in [0.15, 0.2) is 0 Å². The van der Waals surface area contributed by atoms with E-state index in [9.17, 15) is 4.39 Å². The molecular formula is C15H21ClFN. The zero-order chi connectivity index (χ0) is 13.0. The second-order valence-corrected chi connectivity index (χ2v) is 5.67. The van der Waals surface area contributed by atoms with Crippen molar-refractivity contribution < 1.29 is 4.39 Å². The van der Waals surface area contributed by atoms with Crippen LogP contribution in [0.1, 0.15) is 37.7 Å². The normalized spacial score (nSPS) is 24.8. The molecule has 0 heterocycles. The highest BCUT2D eigenvalue weighted by Crippen LogP contribution is 2.29. The standard InChI is InChI=1S/C15H21ClFN/c1-18-13-7-3-2-5-11(10-13)9-12-6-4-8-14(17)15(12)16/h4,6,8,11,13,18H,2-3,5,7,9-10H2,1H3. The molecule has 0 aromatic heterocycles. The minimum atomic E-state index is -0.298. The van der Waals surface area contributed by atoms with Crippen LogP contribution >= 0.6 is 11.6 Å². The van der Waals surface area contributed by atoms with E-state index in [1.54, 1.807) is 6.07 Å². The van der Waals surface area contributed by atoms with Gasteiger partial charge in [0.05, 0.1) is 5.02 Å². The lowest BCUT2D eigenvalue weighted by atomic mass is 9.91. The van der Waals surface area contributed by atoms with Crippen LogP contribution in [0, 0.1) is 11.7 Å². The van der Waals surface area contributed by atoms with Crippen molar-refractivity contribution in [2.24, 2.45) is 5.92 Å². The molecule has 1 fully saturated rings. The summed E-state index contributed by atoms with van der Waals surface area (Å²) < 4.78 is 13.4. The van der Waals surface area contributed by atoms with Gasteiger partial charge >= 0.3 is 0 Å². The molecule has 18 heavy (non-hydrogen) atoms. The molecule has 1 aliphatic rings. The summed E-state index contributed by atoms with van der Waals surface area (Å²) in [6.07, 6.45) is 7.11. The fraction of sp³-hybridized carbons (Fsp3) is 0.600. The van der Waals surface area contributed by atoms with Gasteiger partial charge in [0.1, 0.15) is 5.82 Å². The summed E-state index contributed by atoms with van der Waals surface area (Å²) in [6.45, 7) is 0. The van der Waals surface area contributed by atoms with Crippen molar-refractivity contribution in [3.05, 3.63) is 34.6 Å². The first-order valence-electron chi connectivity index (χ1n) is 6.81. The lowest BCUT2D eigenvalue weighted by Gasteiger charge is -2.20. The summed E-state index contributed by atoms with van der Waals surface area (Å²) in [6, 6.07) is 5.73. The highest BCUT2D eigenvalue weighted by Gasteiger charge is 2.20. The van der Waals surface area contributed by atoms with Crippen molar-refractivity contribution >= 4 is 11.6 Å². The maximum Gasteiger partial charge on any atom is 0.142 e. The Morgan fingerprint density at radius 2 is 2.11 bits per heavy atom. The van der Waals surface area contributed by atoms with Crippen molar-refractivity contribution in [2.45, 2.75) is 44.6 Å². The molecule has 2 atom stereocenters. The second kappa shape index (κ2) is 6.53. The highest BCUT2D eigenvalue weighted by atomic mass is 35.5. The van der Waals surface area contributed by atoms with Crippen molar-refractivity contribution in [1.82, 2.24) is 5.32 Å². The molecule has 1 aromatic carbocycles. The van der Waals surface area contributed by atoms with E-state index in [1.807, 2.05) is 13.1 Å². The van der Waals surface area contributed by atoms with E-state index in [4.69, 9.17) is 11.6 Å². The fourth-order valence-corrected chi connectivity index (χ4v) is 3.13. The van der Waals surface area contributed by atoms with Gasteiger partial charge in [-0.05, 0) is 43.9 Å². The number of benzene rings is 1. The number of halogens is 2. The van der Waals surface area contributed by atoms with Gasteiger partial charge in [-0.3, -0.25) is 0 Å². The summed E-state index contributed by atoms with van der Waals surface area (Å²) in [4.78, 5) is 0. The molecule has 0 amide bonds. The summed E-state index contributed by atoms with van der Waals surface area (Å²) in [5.74, 6) is 0.317. The minimum absolute atomic E-state index is 0.298. The lowest BCUT2D eigenvalue weighted by molar-refractivity contribution is 0.400. The molecule has 1 aromatic rings. The smallest absolute Gasteiger partial charge is 0.142 e. The third-order valence-corrected chi connectivity index (χ3v) is 4.40. The average Bonchev–Trinajstić information content (AvgIpc) is 2.60. The van der Waals surface area contributed by atoms with E-state index in [0.29, 0.717) is 17.0 Å². The Balaban J connectivity index is 2.05. The largest absolute Gasteiger partial charge is 0.317 e. The molecule has 0 aliphatic heterocycles. The lowest BCUT2D eigenvalue weighted by Crippen LogP contribution is -2.26. The molecule has 0 radical (unpaired) electrons. The van der Waals surface area contributed by atoms with Gasteiger partial charge in [-0.15, -0.1) is 0 Å². The van der Waals surface area contributed by atoms with Gasteiger partial charge < -0.3 is 5.32 Å². The molecule has 0 bridgehead atoms. The van der Waals surface area contributed by atoms with E-state index >= 15 is 0 Å². The maximum absolute atomic E-state index is 13.4.